The van der Waals surface area contributed by atoms with Crippen LogP contribution in [0.25, 0.3) is 0 Å². The number of hydrogen-bond acceptors (Lipinski definition) is 3. The van der Waals surface area contributed by atoms with E-state index in [0.29, 0.717) is 16.4 Å². The fourth-order valence-electron chi connectivity index (χ4n) is 1.26. The molecule has 5 nitrogen and oxygen atoms in total. The number of carbonyl (C=O) groups is 2. The van der Waals surface area contributed by atoms with Gasteiger partial charge in [-0.1, -0.05) is 18.5 Å². The number of halogens is 2. The number of hydrogen-bond donors (Lipinski definition) is 3. The highest BCUT2D eigenvalue weighted by Crippen LogP contribution is 2.25. The van der Waals surface area contributed by atoms with E-state index in [4.69, 9.17) is 17.3 Å². The van der Waals surface area contributed by atoms with Crippen LogP contribution in [-0.4, -0.2) is 18.4 Å². The monoisotopic (exact) mass is 305 g/mol. The van der Waals surface area contributed by atoms with Crippen molar-refractivity contribution in [1.29, 1.82) is 0 Å². The van der Waals surface area contributed by atoms with Gasteiger partial charge in [-0.25, -0.2) is 0 Å². The van der Waals surface area contributed by atoms with Crippen molar-refractivity contribution in [3.05, 3.63) is 23.2 Å². The minimum Gasteiger partial charge on any atom is -0.330 e. The van der Waals surface area contributed by atoms with Gasteiger partial charge < -0.3 is 16.4 Å². The Hall–Kier alpha value is -1.30. The summed E-state index contributed by atoms with van der Waals surface area (Å²) in [7, 11) is 0. The maximum atomic E-state index is 11.6. The van der Waals surface area contributed by atoms with Crippen LogP contribution in [-0.2, 0) is 9.59 Å². The number of amides is 2. The molecule has 0 fully saturated rings. The summed E-state index contributed by atoms with van der Waals surface area (Å²) in [5.74, 6) is -0.634. The highest BCUT2D eigenvalue weighted by Gasteiger charge is 2.11. The number of nitrogens with two attached hydrogens (primary N) is 1. The molecule has 1 aromatic carbocycles. The quantitative estimate of drug-likeness (QED) is 0.797. The third-order valence-corrected chi connectivity index (χ3v) is 2.66. The van der Waals surface area contributed by atoms with Gasteiger partial charge in [-0.2, -0.15) is 0 Å². The molecule has 0 spiro atoms. The van der Waals surface area contributed by atoms with Crippen LogP contribution in [0.5, 0.6) is 0 Å². The first-order chi connectivity index (χ1) is 8.43. The molecular weight excluding hydrogens is 289 g/mol. The molecule has 1 unspecified atom stereocenters. The summed E-state index contributed by atoms with van der Waals surface area (Å²) in [6.07, 6.45) is 0. The van der Waals surface area contributed by atoms with Gasteiger partial charge in [0.15, 0.2) is 0 Å². The van der Waals surface area contributed by atoms with Gasteiger partial charge in [0.05, 0.1) is 10.7 Å². The highest BCUT2D eigenvalue weighted by molar-refractivity contribution is 6.34. The predicted octanol–water partition coefficient (Wildman–Crippen LogP) is 2.25. The lowest BCUT2D eigenvalue weighted by atomic mass is 10.1. The molecule has 0 bridgehead atoms. The largest absolute Gasteiger partial charge is 0.330 e. The fraction of sp³-hybridized carbons (Fsp3) is 0.333. The Morgan fingerprint density at radius 1 is 1.37 bits per heavy atom. The van der Waals surface area contributed by atoms with Crippen molar-refractivity contribution < 1.29 is 9.59 Å². The smallest absolute Gasteiger partial charge is 0.228 e. The summed E-state index contributed by atoms with van der Waals surface area (Å²) < 4.78 is 0. The predicted molar refractivity (Wildman–Crippen MR) is 79.9 cm³/mol. The average molecular weight is 306 g/mol. The van der Waals surface area contributed by atoms with Gasteiger partial charge in [0, 0.05) is 25.1 Å². The first kappa shape index (κ1) is 17.7. The van der Waals surface area contributed by atoms with Crippen LogP contribution in [0.4, 0.5) is 11.4 Å². The van der Waals surface area contributed by atoms with Crippen LogP contribution in [0.15, 0.2) is 18.2 Å². The lowest BCUT2D eigenvalue weighted by molar-refractivity contribution is -0.119. The lowest BCUT2D eigenvalue weighted by Crippen LogP contribution is -2.26. The lowest BCUT2D eigenvalue weighted by Gasteiger charge is -2.11. The van der Waals surface area contributed by atoms with Crippen molar-refractivity contribution in [2.24, 2.45) is 11.7 Å². The third-order valence-electron chi connectivity index (χ3n) is 2.35. The van der Waals surface area contributed by atoms with Gasteiger partial charge in [-0.05, 0) is 18.2 Å². The molecule has 4 N–H and O–H groups in total. The molecule has 1 atom stereocenters. The first-order valence-electron chi connectivity index (χ1n) is 5.52. The number of nitrogens with one attached hydrogen (secondary N) is 2. The van der Waals surface area contributed by atoms with E-state index >= 15 is 0 Å². The van der Waals surface area contributed by atoms with Crippen molar-refractivity contribution in [2.45, 2.75) is 13.8 Å². The van der Waals surface area contributed by atoms with Crippen LogP contribution in [0.2, 0.25) is 5.02 Å². The van der Waals surface area contributed by atoms with Gasteiger partial charge in [0.25, 0.3) is 0 Å². The van der Waals surface area contributed by atoms with Crippen LogP contribution in [0.1, 0.15) is 13.8 Å². The average Bonchev–Trinajstić information content (AvgIpc) is 2.31. The highest BCUT2D eigenvalue weighted by atomic mass is 35.5. The normalized spacial score (nSPS) is 11.2. The summed E-state index contributed by atoms with van der Waals surface area (Å²) in [4.78, 5) is 22.5. The Morgan fingerprint density at radius 2 is 2.00 bits per heavy atom. The van der Waals surface area contributed by atoms with Crippen molar-refractivity contribution in [1.82, 2.24) is 0 Å². The summed E-state index contributed by atoms with van der Waals surface area (Å²) in [5, 5.41) is 5.65. The van der Waals surface area contributed by atoms with Gasteiger partial charge in [-0.15, -0.1) is 12.4 Å². The van der Waals surface area contributed by atoms with Crippen LogP contribution < -0.4 is 16.4 Å². The maximum absolute atomic E-state index is 11.6. The Balaban J connectivity index is 0.00000324. The number of anilines is 2. The van der Waals surface area contributed by atoms with Crippen molar-refractivity contribution in [3.63, 3.8) is 0 Å². The molecule has 0 saturated heterocycles. The molecular formula is C12H17Cl2N3O2. The van der Waals surface area contributed by atoms with Crippen LogP contribution in [0.3, 0.4) is 0 Å². The van der Waals surface area contributed by atoms with Gasteiger partial charge in [0.1, 0.15) is 0 Å². The third kappa shape index (κ3) is 5.46. The van der Waals surface area contributed by atoms with E-state index in [2.05, 4.69) is 10.6 Å². The minimum absolute atomic E-state index is 0. The van der Waals surface area contributed by atoms with E-state index in [0.717, 1.165) is 0 Å². The van der Waals surface area contributed by atoms with E-state index in [1.54, 1.807) is 25.1 Å². The van der Waals surface area contributed by atoms with E-state index in [9.17, 15) is 9.59 Å². The van der Waals surface area contributed by atoms with E-state index in [-0.39, 0.29) is 36.7 Å². The first-order valence-corrected chi connectivity index (χ1v) is 5.90. The SMILES string of the molecule is CC(=O)Nc1ccc(NC(=O)C(C)CN)cc1Cl.Cl. The topological polar surface area (TPSA) is 84.2 Å². The van der Waals surface area contributed by atoms with Gasteiger partial charge >= 0.3 is 0 Å². The zero-order chi connectivity index (χ0) is 13.7. The van der Waals surface area contributed by atoms with Crippen LogP contribution >= 0.6 is 24.0 Å². The molecule has 0 aliphatic carbocycles. The second-order valence-corrected chi connectivity index (χ2v) is 4.41. The van der Waals surface area contributed by atoms with E-state index in [1.165, 1.54) is 6.92 Å². The Labute approximate surface area is 123 Å². The second-order valence-electron chi connectivity index (χ2n) is 4.00. The summed E-state index contributed by atoms with van der Waals surface area (Å²) >= 11 is 5.98. The molecule has 0 heterocycles. The molecule has 1 aromatic rings. The maximum Gasteiger partial charge on any atom is 0.228 e. The molecule has 7 heteroatoms. The van der Waals surface area contributed by atoms with E-state index in [1.807, 2.05) is 0 Å². The molecule has 0 aliphatic heterocycles. The van der Waals surface area contributed by atoms with Crippen molar-refractivity contribution in [3.8, 4) is 0 Å². The number of benzene rings is 1. The standard InChI is InChI=1S/C12H16ClN3O2.ClH/c1-7(6-14)12(18)16-9-3-4-11(10(13)5-9)15-8(2)17;/h3-5,7H,6,14H2,1-2H3,(H,15,17)(H,16,18);1H. The van der Waals surface area contributed by atoms with Crippen molar-refractivity contribution in [2.75, 3.05) is 17.2 Å². The Bertz CT molecular complexity index is 466. The number of carbonyl (C=O) groups excluding carboxylic acids is 2. The zero-order valence-electron chi connectivity index (χ0n) is 10.7. The molecule has 106 valence electrons. The van der Waals surface area contributed by atoms with Gasteiger partial charge in [0.2, 0.25) is 11.8 Å². The summed E-state index contributed by atoms with van der Waals surface area (Å²) in [6, 6.07) is 4.87. The molecule has 1 rings (SSSR count). The number of rotatable bonds is 4. The van der Waals surface area contributed by atoms with Crippen molar-refractivity contribution >= 4 is 47.2 Å². The zero-order valence-corrected chi connectivity index (χ0v) is 12.3. The minimum atomic E-state index is -0.265. The molecule has 0 radical (unpaired) electrons. The molecule has 0 aromatic heterocycles. The molecule has 19 heavy (non-hydrogen) atoms. The summed E-state index contributed by atoms with van der Waals surface area (Å²) in [5.41, 5.74) is 6.48. The Kier molecular flexibility index (Phi) is 7.44. The van der Waals surface area contributed by atoms with E-state index < -0.39 is 0 Å². The molecule has 2 amide bonds. The fourth-order valence-corrected chi connectivity index (χ4v) is 1.48. The second kappa shape index (κ2) is 7.99. The summed E-state index contributed by atoms with van der Waals surface area (Å²) in [6.45, 7) is 3.42. The Morgan fingerprint density at radius 3 is 2.47 bits per heavy atom. The van der Waals surface area contributed by atoms with Crippen LogP contribution in [0, 0.1) is 5.92 Å². The molecule has 0 saturated carbocycles. The van der Waals surface area contributed by atoms with Gasteiger partial charge in [-0.3, -0.25) is 9.59 Å². The molecule has 0 aliphatic rings.